The van der Waals surface area contributed by atoms with Gasteiger partial charge in [0.2, 0.25) is 0 Å². The molecule has 0 bridgehead atoms. The van der Waals surface area contributed by atoms with E-state index in [0.717, 1.165) is 16.9 Å². The van der Waals surface area contributed by atoms with Crippen molar-refractivity contribution in [3.63, 3.8) is 0 Å². The van der Waals surface area contributed by atoms with Crippen molar-refractivity contribution >= 4 is 5.91 Å². The molecule has 0 aliphatic carbocycles. The quantitative estimate of drug-likeness (QED) is 0.457. The first-order chi connectivity index (χ1) is 14.6. The van der Waals surface area contributed by atoms with Crippen LogP contribution < -0.4 is 0 Å². The van der Waals surface area contributed by atoms with E-state index in [1.165, 1.54) is 11.4 Å². The normalized spacial score (nSPS) is 11.8. The Bertz CT molecular complexity index is 1070. The molecule has 0 radical (unpaired) electrons. The summed E-state index contributed by atoms with van der Waals surface area (Å²) in [4.78, 5) is 19.6. The van der Waals surface area contributed by atoms with Crippen molar-refractivity contribution in [3.8, 4) is 5.69 Å². The fourth-order valence-electron chi connectivity index (χ4n) is 3.92. The number of hydrogen-bond acceptors (Lipinski definition) is 2. The molecule has 2 heterocycles. The Kier molecular flexibility index (Phi) is 5.48. The van der Waals surface area contributed by atoms with Gasteiger partial charge in [-0.3, -0.25) is 9.78 Å². The van der Waals surface area contributed by atoms with Crippen LogP contribution in [-0.2, 0) is 0 Å². The Morgan fingerprint density at radius 3 is 2.07 bits per heavy atom. The number of carbonyl (C=O) groups excluding carboxylic acids is 1. The van der Waals surface area contributed by atoms with Gasteiger partial charge in [-0.1, -0.05) is 36.4 Å². The summed E-state index contributed by atoms with van der Waals surface area (Å²) in [6, 6.07) is 27.5. The lowest BCUT2D eigenvalue weighted by Crippen LogP contribution is -2.32. The fourth-order valence-corrected chi connectivity index (χ4v) is 3.92. The third-order valence-electron chi connectivity index (χ3n) is 5.43. The van der Waals surface area contributed by atoms with E-state index >= 15 is 0 Å². The number of hydrogen-bond donors (Lipinski definition) is 0. The van der Waals surface area contributed by atoms with Gasteiger partial charge in [0.15, 0.2) is 0 Å². The van der Waals surface area contributed by atoms with Crippen LogP contribution in [0.1, 0.15) is 39.0 Å². The molecule has 4 nitrogen and oxygen atoms in total. The summed E-state index contributed by atoms with van der Waals surface area (Å²) >= 11 is 0. The standard InChI is InChI=1S/C26H25N3O/c1-19-12-13-20(2)29(19)23-16-14-22(15-17-23)26(30)28(3)25(21-9-5-4-6-10-21)24-11-7-8-18-27-24/h4-18,25H,1-3H3. The number of nitrogens with zero attached hydrogens (tertiary/aromatic N) is 3. The number of benzene rings is 2. The highest BCUT2D eigenvalue weighted by molar-refractivity contribution is 5.94. The number of carbonyl (C=O) groups is 1. The molecule has 1 atom stereocenters. The number of amides is 1. The third kappa shape index (κ3) is 3.77. The van der Waals surface area contributed by atoms with Crippen LogP contribution in [0.5, 0.6) is 0 Å². The van der Waals surface area contributed by atoms with Crippen LogP contribution in [0.25, 0.3) is 5.69 Å². The molecular weight excluding hydrogens is 370 g/mol. The maximum absolute atomic E-state index is 13.4. The molecule has 0 N–H and O–H groups in total. The summed E-state index contributed by atoms with van der Waals surface area (Å²) in [7, 11) is 1.84. The first-order valence-electron chi connectivity index (χ1n) is 10.0. The zero-order chi connectivity index (χ0) is 21.1. The van der Waals surface area contributed by atoms with Gasteiger partial charge in [-0.2, -0.15) is 0 Å². The van der Waals surface area contributed by atoms with Gasteiger partial charge in [0.25, 0.3) is 5.91 Å². The van der Waals surface area contributed by atoms with Crippen LogP contribution in [0.15, 0.2) is 91.1 Å². The summed E-state index contributed by atoms with van der Waals surface area (Å²) < 4.78 is 2.18. The van der Waals surface area contributed by atoms with Gasteiger partial charge in [-0.05, 0) is 67.9 Å². The molecule has 4 heteroatoms. The van der Waals surface area contributed by atoms with Crippen LogP contribution >= 0.6 is 0 Å². The Morgan fingerprint density at radius 1 is 0.833 bits per heavy atom. The minimum atomic E-state index is -0.256. The van der Waals surface area contributed by atoms with Crippen LogP contribution in [-0.4, -0.2) is 27.4 Å². The molecule has 150 valence electrons. The summed E-state index contributed by atoms with van der Waals surface area (Å²) in [5.41, 5.74) is 5.92. The SMILES string of the molecule is Cc1ccc(C)n1-c1ccc(C(=O)N(C)C(c2ccccc2)c2ccccn2)cc1. The lowest BCUT2D eigenvalue weighted by Gasteiger charge is -2.28. The molecule has 0 aliphatic heterocycles. The lowest BCUT2D eigenvalue weighted by molar-refractivity contribution is 0.0752. The Hall–Kier alpha value is -3.66. The lowest BCUT2D eigenvalue weighted by atomic mass is 10.0. The zero-order valence-corrected chi connectivity index (χ0v) is 17.5. The average molecular weight is 396 g/mol. The van der Waals surface area contributed by atoms with E-state index < -0.39 is 0 Å². The summed E-state index contributed by atoms with van der Waals surface area (Å²) in [6.45, 7) is 4.16. The van der Waals surface area contributed by atoms with Crippen LogP contribution in [0.4, 0.5) is 0 Å². The molecule has 0 fully saturated rings. The summed E-state index contributed by atoms with van der Waals surface area (Å²) in [5, 5.41) is 0. The highest BCUT2D eigenvalue weighted by Gasteiger charge is 2.25. The molecule has 4 aromatic rings. The molecule has 1 amide bonds. The van der Waals surface area contributed by atoms with Crippen molar-refractivity contribution in [2.75, 3.05) is 7.05 Å². The first kappa shape index (κ1) is 19.6. The number of pyridine rings is 1. The Labute approximate surface area is 177 Å². The maximum Gasteiger partial charge on any atom is 0.254 e. The van der Waals surface area contributed by atoms with Gasteiger partial charge in [-0.25, -0.2) is 0 Å². The molecular formula is C26H25N3O. The minimum absolute atomic E-state index is 0.0398. The molecule has 0 saturated carbocycles. The van der Waals surface area contributed by atoms with Crippen molar-refractivity contribution in [1.82, 2.24) is 14.5 Å². The van der Waals surface area contributed by atoms with Gasteiger partial charge in [0, 0.05) is 35.9 Å². The van der Waals surface area contributed by atoms with Crippen LogP contribution in [0.2, 0.25) is 0 Å². The van der Waals surface area contributed by atoms with Gasteiger partial charge in [0.05, 0.1) is 11.7 Å². The summed E-state index contributed by atoms with van der Waals surface area (Å²) in [5.74, 6) is -0.0398. The van der Waals surface area contributed by atoms with Crippen molar-refractivity contribution in [2.45, 2.75) is 19.9 Å². The number of rotatable bonds is 5. The highest BCUT2D eigenvalue weighted by atomic mass is 16.2. The van der Waals surface area contributed by atoms with Crippen LogP contribution in [0.3, 0.4) is 0 Å². The molecule has 0 saturated heterocycles. The molecule has 1 unspecified atom stereocenters. The van der Waals surface area contributed by atoms with Crippen molar-refractivity contribution in [3.05, 3.63) is 119 Å². The van der Waals surface area contributed by atoms with Gasteiger partial charge in [-0.15, -0.1) is 0 Å². The Morgan fingerprint density at radius 2 is 1.47 bits per heavy atom. The van der Waals surface area contributed by atoms with E-state index in [9.17, 15) is 4.79 Å². The monoisotopic (exact) mass is 395 g/mol. The Balaban J connectivity index is 1.66. The minimum Gasteiger partial charge on any atom is -0.329 e. The third-order valence-corrected chi connectivity index (χ3v) is 5.43. The van der Waals surface area contributed by atoms with Crippen molar-refractivity contribution in [1.29, 1.82) is 0 Å². The molecule has 30 heavy (non-hydrogen) atoms. The fraction of sp³-hybridized carbons (Fsp3) is 0.154. The van der Waals surface area contributed by atoms with Crippen molar-refractivity contribution < 1.29 is 4.79 Å². The highest BCUT2D eigenvalue weighted by Crippen LogP contribution is 2.27. The molecule has 2 aromatic carbocycles. The topological polar surface area (TPSA) is 38.1 Å². The average Bonchev–Trinajstić information content (AvgIpc) is 3.13. The number of aryl methyl sites for hydroxylation is 2. The van der Waals surface area contributed by atoms with E-state index in [1.54, 1.807) is 11.1 Å². The van der Waals surface area contributed by atoms with Crippen molar-refractivity contribution in [2.24, 2.45) is 0 Å². The molecule has 0 spiro atoms. The van der Waals surface area contributed by atoms with E-state index in [1.807, 2.05) is 79.8 Å². The smallest absolute Gasteiger partial charge is 0.254 e. The van der Waals surface area contributed by atoms with Crippen LogP contribution in [0, 0.1) is 13.8 Å². The molecule has 0 aliphatic rings. The number of aromatic nitrogens is 2. The second-order valence-corrected chi connectivity index (χ2v) is 7.48. The second-order valence-electron chi connectivity index (χ2n) is 7.48. The maximum atomic E-state index is 13.4. The first-order valence-corrected chi connectivity index (χ1v) is 10.0. The van der Waals surface area contributed by atoms with Gasteiger partial charge < -0.3 is 9.47 Å². The predicted octanol–water partition coefficient (Wildman–Crippen LogP) is 5.35. The van der Waals surface area contributed by atoms with E-state index in [4.69, 9.17) is 0 Å². The van der Waals surface area contributed by atoms with Gasteiger partial charge >= 0.3 is 0 Å². The van der Waals surface area contributed by atoms with E-state index in [0.29, 0.717) is 5.56 Å². The van der Waals surface area contributed by atoms with E-state index in [-0.39, 0.29) is 11.9 Å². The summed E-state index contributed by atoms with van der Waals surface area (Å²) in [6.07, 6.45) is 1.76. The van der Waals surface area contributed by atoms with E-state index in [2.05, 4.69) is 35.5 Å². The molecule has 4 rings (SSSR count). The predicted molar refractivity (Wildman–Crippen MR) is 120 cm³/mol. The van der Waals surface area contributed by atoms with Gasteiger partial charge in [0.1, 0.15) is 0 Å². The largest absolute Gasteiger partial charge is 0.329 e. The second kappa shape index (κ2) is 8.37. The zero-order valence-electron chi connectivity index (χ0n) is 17.5. The molecule has 2 aromatic heterocycles.